The van der Waals surface area contributed by atoms with Crippen LogP contribution in [-0.4, -0.2) is 5.11 Å². The molecular weight excluding hydrogens is 205 g/mol. The zero-order valence-electron chi connectivity index (χ0n) is 7.81. The lowest BCUT2D eigenvalue weighted by molar-refractivity contribution is 0.449. The lowest BCUT2D eigenvalue weighted by atomic mass is 10.0. The van der Waals surface area contributed by atoms with Crippen LogP contribution < -0.4 is 0 Å². The molecule has 4 heteroatoms. The molecule has 0 aliphatic heterocycles. The summed E-state index contributed by atoms with van der Waals surface area (Å²) in [6.07, 6.45) is 0. The van der Waals surface area contributed by atoms with Gasteiger partial charge in [-0.15, -0.1) is 0 Å². The van der Waals surface area contributed by atoms with E-state index in [1.807, 2.05) is 0 Å². The number of benzene rings is 2. The molecule has 0 aliphatic rings. The highest BCUT2D eigenvalue weighted by molar-refractivity contribution is 5.87. The SMILES string of the molecule is Cc1c(F)c(F)c(F)c2ccc(O)cc12. The zero-order chi connectivity index (χ0) is 11.2. The van der Waals surface area contributed by atoms with E-state index in [0.717, 1.165) is 0 Å². The third-order valence-electron chi connectivity index (χ3n) is 2.36. The average Bonchev–Trinajstić information content (AvgIpc) is 2.23. The molecule has 0 saturated heterocycles. The number of halogens is 3. The Bertz CT molecular complexity index is 549. The number of fused-ring (bicyclic) bond motifs is 1. The number of hydrogen-bond donors (Lipinski definition) is 1. The van der Waals surface area contributed by atoms with E-state index < -0.39 is 17.5 Å². The highest BCUT2D eigenvalue weighted by atomic mass is 19.2. The molecule has 78 valence electrons. The predicted molar refractivity (Wildman–Crippen MR) is 50.2 cm³/mol. The summed E-state index contributed by atoms with van der Waals surface area (Å²) in [7, 11) is 0. The van der Waals surface area contributed by atoms with Crippen molar-refractivity contribution in [2.45, 2.75) is 6.92 Å². The molecule has 0 bridgehead atoms. The number of rotatable bonds is 0. The Morgan fingerprint density at radius 1 is 0.933 bits per heavy atom. The Kier molecular flexibility index (Phi) is 2.07. The number of aromatic hydroxyl groups is 1. The van der Waals surface area contributed by atoms with Crippen LogP contribution in [-0.2, 0) is 0 Å². The van der Waals surface area contributed by atoms with E-state index in [2.05, 4.69) is 0 Å². The van der Waals surface area contributed by atoms with Gasteiger partial charge >= 0.3 is 0 Å². The number of phenols is 1. The molecule has 0 spiro atoms. The summed E-state index contributed by atoms with van der Waals surface area (Å²) in [5.74, 6) is -4.04. The molecule has 0 aliphatic carbocycles. The highest BCUT2D eigenvalue weighted by Gasteiger charge is 2.17. The third-order valence-corrected chi connectivity index (χ3v) is 2.36. The van der Waals surface area contributed by atoms with Crippen LogP contribution in [0.15, 0.2) is 18.2 Å². The summed E-state index contributed by atoms with van der Waals surface area (Å²) >= 11 is 0. The monoisotopic (exact) mass is 212 g/mol. The Balaban J connectivity index is 3.00. The Morgan fingerprint density at radius 3 is 2.27 bits per heavy atom. The second-order valence-electron chi connectivity index (χ2n) is 3.30. The van der Waals surface area contributed by atoms with Gasteiger partial charge in [-0.05, 0) is 36.1 Å². The fourth-order valence-electron chi connectivity index (χ4n) is 1.53. The molecule has 0 atom stereocenters. The predicted octanol–water partition coefficient (Wildman–Crippen LogP) is 3.27. The van der Waals surface area contributed by atoms with Gasteiger partial charge in [0.05, 0.1) is 0 Å². The van der Waals surface area contributed by atoms with Crippen molar-refractivity contribution in [2.24, 2.45) is 0 Å². The first-order valence-electron chi connectivity index (χ1n) is 4.28. The molecule has 0 unspecified atom stereocenters. The van der Waals surface area contributed by atoms with Crippen molar-refractivity contribution < 1.29 is 18.3 Å². The molecule has 0 heterocycles. The third kappa shape index (κ3) is 1.33. The molecule has 15 heavy (non-hydrogen) atoms. The van der Waals surface area contributed by atoms with E-state index in [0.29, 0.717) is 0 Å². The molecular formula is C11H7F3O. The molecule has 0 saturated carbocycles. The van der Waals surface area contributed by atoms with E-state index in [1.165, 1.54) is 25.1 Å². The van der Waals surface area contributed by atoms with E-state index in [9.17, 15) is 13.2 Å². The first kappa shape index (κ1) is 9.83. The minimum Gasteiger partial charge on any atom is -0.508 e. The van der Waals surface area contributed by atoms with Crippen LogP contribution in [0.4, 0.5) is 13.2 Å². The minimum absolute atomic E-state index is 0.0141. The van der Waals surface area contributed by atoms with Crippen molar-refractivity contribution in [3.05, 3.63) is 41.2 Å². The van der Waals surface area contributed by atoms with Crippen LogP contribution in [0, 0.1) is 24.4 Å². The molecule has 2 aromatic rings. The Morgan fingerprint density at radius 2 is 1.60 bits per heavy atom. The summed E-state index contributed by atoms with van der Waals surface area (Å²) in [6, 6.07) is 3.65. The Labute approximate surface area is 83.8 Å². The van der Waals surface area contributed by atoms with Crippen molar-refractivity contribution in [1.29, 1.82) is 0 Å². The van der Waals surface area contributed by atoms with Gasteiger partial charge in [-0.3, -0.25) is 0 Å². The molecule has 0 fully saturated rings. The molecule has 0 radical (unpaired) electrons. The van der Waals surface area contributed by atoms with Crippen LogP contribution >= 0.6 is 0 Å². The number of aryl methyl sites for hydroxylation is 1. The van der Waals surface area contributed by atoms with Crippen LogP contribution in [0.2, 0.25) is 0 Å². The van der Waals surface area contributed by atoms with E-state index in [4.69, 9.17) is 5.11 Å². The van der Waals surface area contributed by atoms with Gasteiger partial charge in [0.15, 0.2) is 17.5 Å². The summed E-state index contributed by atoms with van der Waals surface area (Å²) in [6.45, 7) is 1.33. The topological polar surface area (TPSA) is 20.2 Å². The maximum absolute atomic E-state index is 13.3. The van der Waals surface area contributed by atoms with Crippen molar-refractivity contribution in [3.8, 4) is 5.75 Å². The number of hydrogen-bond acceptors (Lipinski definition) is 1. The standard InChI is InChI=1S/C11H7F3O/c1-5-8-4-6(15)2-3-7(8)10(13)11(14)9(5)12/h2-4,15H,1H3. The van der Waals surface area contributed by atoms with Crippen LogP contribution in [0.3, 0.4) is 0 Å². The van der Waals surface area contributed by atoms with E-state index in [1.54, 1.807) is 0 Å². The van der Waals surface area contributed by atoms with Crippen LogP contribution in [0.1, 0.15) is 5.56 Å². The van der Waals surface area contributed by atoms with Gasteiger partial charge in [-0.25, -0.2) is 13.2 Å². The van der Waals surface area contributed by atoms with Crippen molar-refractivity contribution in [3.63, 3.8) is 0 Å². The molecule has 2 rings (SSSR count). The van der Waals surface area contributed by atoms with Gasteiger partial charge < -0.3 is 5.11 Å². The smallest absolute Gasteiger partial charge is 0.195 e. The maximum Gasteiger partial charge on any atom is 0.195 e. The molecule has 1 nitrogen and oxygen atoms in total. The fourth-order valence-corrected chi connectivity index (χ4v) is 1.53. The van der Waals surface area contributed by atoms with Gasteiger partial charge in [-0.2, -0.15) is 0 Å². The first-order chi connectivity index (χ1) is 7.02. The summed E-state index contributed by atoms with van der Waals surface area (Å²) in [4.78, 5) is 0. The van der Waals surface area contributed by atoms with Crippen LogP contribution in [0.5, 0.6) is 5.75 Å². The largest absolute Gasteiger partial charge is 0.508 e. The maximum atomic E-state index is 13.3. The lowest BCUT2D eigenvalue weighted by Crippen LogP contribution is -1.96. The van der Waals surface area contributed by atoms with Gasteiger partial charge in [-0.1, -0.05) is 0 Å². The van der Waals surface area contributed by atoms with Crippen molar-refractivity contribution >= 4 is 10.8 Å². The Hall–Kier alpha value is -1.71. The second kappa shape index (κ2) is 3.15. The summed E-state index contributed by atoms with van der Waals surface area (Å²) in [5.41, 5.74) is -0.0141. The fraction of sp³-hybridized carbons (Fsp3) is 0.0909. The van der Waals surface area contributed by atoms with Crippen LogP contribution in [0.25, 0.3) is 10.8 Å². The lowest BCUT2D eigenvalue weighted by Gasteiger charge is -2.06. The molecule has 0 aromatic heterocycles. The summed E-state index contributed by atoms with van der Waals surface area (Å²) in [5, 5.41) is 9.30. The molecule has 2 aromatic carbocycles. The highest BCUT2D eigenvalue weighted by Crippen LogP contribution is 2.29. The van der Waals surface area contributed by atoms with Crippen molar-refractivity contribution in [2.75, 3.05) is 0 Å². The zero-order valence-corrected chi connectivity index (χ0v) is 7.81. The van der Waals surface area contributed by atoms with Gasteiger partial charge in [0, 0.05) is 5.39 Å². The quantitative estimate of drug-likeness (QED) is 0.664. The normalized spacial score (nSPS) is 10.9. The summed E-state index contributed by atoms with van der Waals surface area (Å²) < 4.78 is 39.4. The first-order valence-corrected chi connectivity index (χ1v) is 4.28. The molecule has 0 amide bonds. The van der Waals surface area contributed by atoms with Crippen molar-refractivity contribution in [1.82, 2.24) is 0 Å². The van der Waals surface area contributed by atoms with Gasteiger partial charge in [0.2, 0.25) is 0 Å². The van der Waals surface area contributed by atoms with Gasteiger partial charge in [0.25, 0.3) is 0 Å². The molecule has 1 N–H and O–H groups in total. The van der Waals surface area contributed by atoms with E-state index >= 15 is 0 Å². The minimum atomic E-state index is -1.48. The average molecular weight is 212 g/mol. The van der Waals surface area contributed by atoms with Gasteiger partial charge in [0.1, 0.15) is 5.75 Å². The second-order valence-corrected chi connectivity index (χ2v) is 3.30. The number of phenolic OH excluding ortho intramolecular Hbond substituents is 1. The van der Waals surface area contributed by atoms with E-state index in [-0.39, 0.29) is 22.1 Å².